The molecule has 1 amide bonds. The van der Waals surface area contributed by atoms with Gasteiger partial charge in [0.25, 0.3) is 0 Å². The van der Waals surface area contributed by atoms with Gasteiger partial charge in [0, 0.05) is 17.7 Å². The Morgan fingerprint density at radius 3 is 2.94 bits per heavy atom. The topological polar surface area (TPSA) is 57.8 Å². The Balaban J connectivity index is 2.17. The minimum absolute atomic E-state index is 0.0513. The molecule has 0 atom stereocenters. The van der Waals surface area contributed by atoms with Crippen molar-refractivity contribution in [2.24, 2.45) is 0 Å². The zero-order valence-corrected chi connectivity index (χ0v) is 10.7. The largest absolute Gasteiger partial charge is 0.342 e. The molecular formula is C14H17N3O. The van der Waals surface area contributed by atoms with Gasteiger partial charge in [0.15, 0.2) is 0 Å². The van der Waals surface area contributed by atoms with E-state index < -0.39 is 0 Å². The molecule has 4 nitrogen and oxygen atoms in total. The van der Waals surface area contributed by atoms with E-state index in [2.05, 4.69) is 15.3 Å². The van der Waals surface area contributed by atoms with Crippen molar-refractivity contribution in [3.05, 3.63) is 36.3 Å². The maximum Gasteiger partial charge on any atom is 0.224 e. The van der Waals surface area contributed by atoms with Crippen LogP contribution in [-0.4, -0.2) is 15.9 Å². The zero-order chi connectivity index (χ0) is 13.0. The third-order valence-corrected chi connectivity index (χ3v) is 2.64. The molecule has 2 N–H and O–H groups in total. The lowest BCUT2D eigenvalue weighted by molar-refractivity contribution is -0.116. The number of hydrogen-bond donors (Lipinski definition) is 2. The summed E-state index contributed by atoms with van der Waals surface area (Å²) >= 11 is 0. The molecule has 0 bridgehead atoms. The van der Waals surface area contributed by atoms with Crippen LogP contribution in [0.5, 0.6) is 0 Å². The number of aromatic nitrogens is 2. The first-order valence-electron chi connectivity index (χ1n) is 6.11. The van der Waals surface area contributed by atoms with Gasteiger partial charge in [-0.2, -0.15) is 0 Å². The molecule has 0 radical (unpaired) electrons. The first-order valence-corrected chi connectivity index (χ1v) is 6.11. The van der Waals surface area contributed by atoms with Crippen LogP contribution in [0, 0.1) is 6.92 Å². The molecule has 1 heterocycles. The van der Waals surface area contributed by atoms with Crippen LogP contribution >= 0.6 is 0 Å². The number of hydrogen-bond acceptors (Lipinski definition) is 2. The van der Waals surface area contributed by atoms with E-state index in [-0.39, 0.29) is 5.91 Å². The summed E-state index contributed by atoms with van der Waals surface area (Å²) in [5.41, 5.74) is 2.79. The molecule has 4 heteroatoms. The highest BCUT2D eigenvalue weighted by atomic mass is 16.1. The van der Waals surface area contributed by atoms with E-state index in [1.807, 2.05) is 38.1 Å². The number of imidazole rings is 1. The summed E-state index contributed by atoms with van der Waals surface area (Å²) in [6, 6.07) is 7.75. The molecule has 1 aromatic heterocycles. The summed E-state index contributed by atoms with van der Waals surface area (Å²) in [6.07, 6.45) is 3.20. The van der Waals surface area contributed by atoms with Crippen LogP contribution < -0.4 is 5.32 Å². The minimum atomic E-state index is 0.0513. The lowest BCUT2D eigenvalue weighted by atomic mass is 10.1. The number of benzene rings is 1. The first-order chi connectivity index (χ1) is 8.69. The van der Waals surface area contributed by atoms with Crippen LogP contribution in [0.1, 0.15) is 25.6 Å². The smallest absolute Gasteiger partial charge is 0.224 e. The molecule has 2 rings (SSSR count). The van der Waals surface area contributed by atoms with E-state index in [1.165, 1.54) is 0 Å². The second-order valence-corrected chi connectivity index (χ2v) is 4.26. The van der Waals surface area contributed by atoms with Gasteiger partial charge >= 0.3 is 0 Å². The summed E-state index contributed by atoms with van der Waals surface area (Å²) in [5, 5.41) is 2.89. The number of aromatic amines is 1. The summed E-state index contributed by atoms with van der Waals surface area (Å²) in [5.74, 6) is 0.931. The second-order valence-electron chi connectivity index (χ2n) is 4.26. The fraction of sp³-hybridized carbons (Fsp3) is 0.286. The highest BCUT2D eigenvalue weighted by Crippen LogP contribution is 2.21. The quantitative estimate of drug-likeness (QED) is 0.866. The van der Waals surface area contributed by atoms with Gasteiger partial charge in [-0.1, -0.05) is 19.1 Å². The van der Waals surface area contributed by atoms with Gasteiger partial charge in [0.05, 0.1) is 11.9 Å². The number of anilines is 1. The summed E-state index contributed by atoms with van der Waals surface area (Å²) in [4.78, 5) is 18.9. The summed E-state index contributed by atoms with van der Waals surface area (Å²) in [6.45, 7) is 3.90. The Morgan fingerprint density at radius 2 is 2.28 bits per heavy atom. The predicted octanol–water partition coefficient (Wildman–Crippen LogP) is 3.12. The highest BCUT2D eigenvalue weighted by molar-refractivity contribution is 5.91. The maximum absolute atomic E-state index is 11.5. The third kappa shape index (κ3) is 2.97. The van der Waals surface area contributed by atoms with Crippen molar-refractivity contribution in [3.8, 4) is 11.3 Å². The molecule has 1 aromatic carbocycles. The molecule has 0 aliphatic carbocycles. The molecule has 0 aliphatic heterocycles. The normalized spacial score (nSPS) is 10.3. The molecule has 0 saturated carbocycles. The molecule has 2 aromatic rings. The summed E-state index contributed by atoms with van der Waals surface area (Å²) < 4.78 is 0. The van der Waals surface area contributed by atoms with Gasteiger partial charge in [-0.05, 0) is 25.5 Å². The Labute approximate surface area is 106 Å². The van der Waals surface area contributed by atoms with E-state index in [0.717, 1.165) is 29.2 Å². The van der Waals surface area contributed by atoms with Crippen molar-refractivity contribution < 1.29 is 4.79 Å². The van der Waals surface area contributed by atoms with Crippen molar-refractivity contribution in [1.82, 2.24) is 9.97 Å². The number of rotatable bonds is 4. The second kappa shape index (κ2) is 5.49. The molecule has 0 fully saturated rings. The van der Waals surface area contributed by atoms with E-state index in [9.17, 15) is 4.79 Å². The van der Waals surface area contributed by atoms with Crippen LogP contribution in [0.15, 0.2) is 30.5 Å². The lowest BCUT2D eigenvalue weighted by Crippen LogP contribution is -2.10. The van der Waals surface area contributed by atoms with E-state index in [0.29, 0.717) is 6.42 Å². The molecule has 0 spiro atoms. The molecule has 0 aliphatic rings. The van der Waals surface area contributed by atoms with Crippen molar-refractivity contribution in [1.29, 1.82) is 0 Å². The standard InChI is InChI=1S/C14H17N3O/c1-3-5-14(18)17-12-7-4-6-11(8-12)13-9-15-10(2)16-13/h4,6-9H,3,5H2,1-2H3,(H,15,16)(H,17,18). The van der Waals surface area contributed by atoms with Gasteiger partial charge in [-0.25, -0.2) is 4.98 Å². The summed E-state index contributed by atoms with van der Waals surface area (Å²) in [7, 11) is 0. The zero-order valence-electron chi connectivity index (χ0n) is 10.7. The van der Waals surface area contributed by atoms with E-state index in [4.69, 9.17) is 0 Å². The predicted molar refractivity (Wildman–Crippen MR) is 72.3 cm³/mol. The van der Waals surface area contributed by atoms with Crippen LogP contribution in [0.25, 0.3) is 11.3 Å². The maximum atomic E-state index is 11.5. The number of carbonyl (C=O) groups excluding carboxylic acids is 1. The van der Waals surface area contributed by atoms with Crippen molar-refractivity contribution in [2.75, 3.05) is 5.32 Å². The first kappa shape index (κ1) is 12.4. The monoisotopic (exact) mass is 243 g/mol. The fourth-order valence-corrected chi connectivity index (χ4v) is 1.78. The van der Waals surface area contributed by atoms with Gasteiger partial charge in [0.2, 0.25) is 5.91 Å². The van der Waals surface area contributed by atoms with Crippen molar-refractivity contribution in [3.63, 3.8) is 0 Å². The SMILES string of the molecule is CCCC(=O)Nc1cccc(-c2cnc(C)[nH]2)c1. The number of carbonyl (C=O) groups is 1. The number of H-pyrrole nitrogens is 1. The van der Waals surface area contributed by atoms with Gasteiger partial charge in [-0.3, -0.25) is 4.79 Å². The van der Waals surface area contributed by atoms with Crippen LogP contribution in [0.2, 0.25) is 0 Å². The molecule has 18 heavy (non-hydrogen) atoms. The van der Waals surface area contributed by atoms with E-state index >= 15 is 0 Å². The highest BCUT2D eigenvalue weighted by Gasteiger charge is 2.04. The van der Waals surface area contributed by atoms with Gasteiger partial charge in [0.1, 0.15) is 5.82 Å². The number of nitrogens with one attached hydrogen (secondary N) is 2. The Morgan fingerprint density at radius 1 is 1.44 bits per heavy atom. The molecule has 0 saturated heterocycles. The molecule has 94 valence electrons. The van der Waals surface area contributed by atoms with Crippen molar-refractivity contribution in [2.45, 2.75) is 26.7 Å². The van der Waals surface area contributed by atoms with Crippen molar-refractivity contribution >= 4 is 11.6 Å². The Kier molecular flexibility index (Phi) is 3.77. The number of amides is 1. The lowest BCUT2D eigenvalue weighted by Gasteiger charge is -2.06. The Bertz CT molecular complexity index is 545. The van der Waals surface area contributed by atoms with E-state index in [1.54, 1.807) is 6.20 Å². The Hall–Kier alpha value is -2.10. The van der Waals surface area contributed by atoms with Crippen LogP contribution in [0.3, 0.4) is 0 Å². The minimum Gasteiger partial charge on any atom is -0.342 e. The van der Waals surface area contributed by atoms with Crippen LogP contribution in [-0.2, 0) is 4.79 Å². The number of nitrogens with zero attached hydrogens (tertiary/aromatic N) is 1. The average molecular weight is 243 g/mol. The van der Waals surface area contributed by atoms with Gasteiger partial charge in [-0.15, -0.1) is 0 Å². The number of aryl methyl sites for hydroxylation is 1. The average Bonchev–Trinajstić information content (AvgIpc) is 2.76. The molecule has 0 unspecified atom stereocenters. The fourth-order valence-electron chi connectivity index (χ4n) is 1.78. The third-order valence-electron chi connectivity index (χ3n) is 2.64. The molecular weight excluding hydrogens is 226 g/mol. The van der Waals surface area contributed by atoms with Gasteiger partial charge < -0.3 is 10.3 Å². The van der Waals surface area contributed by atoms with Crippen LogP contribution in [0.4, 0.5) is 5.69 Å².